The van der Waals surface area contributed by atoms with Crippen molar-refractivity contribution in [2.45, 2.75) is 25.7 Å². The summed E-state index contributed by atoms with van der Waals surface area (Å²) in [6.07, 6.45) is 11.8. The van der Waals surface area contributed by atoms with Crippen LogP contribution in [0.3, 0.4) is 0 Å². The van der Waals surface area contributed by atoms with Crippen molar-refractivity contribution in [2.75, 3.05) is 13.2 Å². The van der Waals surface area contributed by atoms with Crippen molar-refractivity contribution in [3.63, 3.8) is 0 Å². The Bertz CT molecular complexity index is 3150. The molecule has 12 nitrogen and oxygen atoms in total. The van der Waals surface area contributed by atoms with Gasteiger partial charge in [-0.05, 0) is 139 Å². The Labute approximate surface area is 392 Å². The van der Waals surface area contributed by atoms with Gasteiger partial charge in [-0.25, -0.2) is 24.4 Å². The van der Waals surface area contributed by atoms with Crippen LogP contribution in [-0.4, -0.2) is 66.3 Å². The van der Waals surface area contributed by atoms with Crippen molar-refractivity contribution in [3.8, 4) is 50.3 Å². The fourth-order valence-corrected chi connectivity index (χ4v) is 8.27. The molecule has 0 radical (unpaired) electrons. The predicted molar refractivity (Wildman–Crippen MR) is 254 cm³/mol. The van der Waals surface area contributed by atoms with Crippen LogP contribution in [0.5, 0.6) is 5.75 Å². The van der Waals surface area contributed by atoms with Crippen molar-refractivity contribution in [1.29, 1.82) is 0 Å². The van der Waals surface area contributed by atoms with Gasteiger partial charge in [0.25, 0.3) is 0 Å². The van der Waals surface area contributed by atoms with Crippen LogP contribution in [-0.2, 0) is 19.5 Å². The van der Waals surface area contributed by atoms with Gasteiger partial charge in [-0.1, -0.05) is 61.4 Å². The molecule has 0 saturated carbocycles. The first kappa shape index (κ1) is 44.9. The van der Waals surface area contributed by atoms with Crippen molar-refractivity contribution in [3.05, 3.63) is 161 Å². The van der Waals surface area contributed by atoms with Crippen LogP contribution in [0.1, 0.15) is 79.5 Å². The molecule has 7 aromatic rings. The van der Waals surface area contributed by atoms with Gasteiger partial charge in [-0.15, -0.1) is 0 Å². The van der Waals surface area contributed by atoms with Gasteiger partial charge < -0.3 is 35.8 Å². The van der Waals surface area contributed by atoms with Crippen LogP contribution in [0.15, 0.2) is 121 Å². The van der Waals surface area contributed by atoms with E-state index in [2.05, 4.69) is 9.97 Å². The van der Waals surface area contributed by atoms with Gasteiger partial charge >= 0.3 is 37.4 Å². The second-order valence-corrected chi connectivity index (χ2v) is 15.7. The molecular formula is C53H43N5O7Zn+2. The Morgan fingerprint density at radius 1 is 0.439 bits per heavy atom. The van der Waals surface area contributed by atoms with Gasteiger partial charge in [-0.2, -0.15) is 0 Å². The first-order valence-electron chi connectivity index (χ1n) is 21.3. The Kier molecular flexibility index (Phi) is 13.3. The van der Waals surface area contributed by atoms with Gasteiger partial charge in [0, 0.05) is 44.3 Å². The summed E-state index contributed by atoms with van der Waals surface area (Å²) in [6, 6.07) is 35.7. The van der Waals surface area contributed by atoms with Gasteiger partial charge in [0.05, 0.1) is 46.1 Å². The zero-order valence-corrected chi connectivity index (χ0v) is 38.7. The van der Waals surface area contributed by atoms with Gasteiger partial charge in [0.15, 0.2) is 0 Å². The molecule has 5 heterocycles. The number of hydrogen-bond donors (Lipinski definition) is 6. The quantitative estimate of drug-likeness (QED) is 0.0450. The molecular weight excluding hydrogens is 884 g/mol. The maximum Gasteiger partial charge on any atom is 2.00 e. The van der Waals surface area contributed by atoms with E-state index >= 15 is 0 Å². The number of unbranched alkanes of at least 4 members (excludes halogenated alkanes) is 3. The first-order valence-corrected chi connectivity index (χ1v) is 21.3. The number of aromatic nitrogens is 4. The minimum atomic E-state index is -1.05. The standard InChI is InChI=1S/C53H43N5O7.Zn/c54-29-3-1-2-4-30-65-38-19-17-34(18-20-38)50-45-27-25-43(57-45)48(32-7-13-36(14-8-32)52(61)62)41-23-21-39(55-41)47(31-5-11-35(12-6-31)51(59)60)40-22-24-42(56-40)49(44-26-28-46(50)58-44)33-9-15-37(16-10-33)53(63)64;/h5-28,55,58H,1-4,29-30,54H2,(H,59,60)(H,61,62)(H,63,64);/q;+2. The molecule has 9 rings (SSSR count). The molecule has 0 aliphatic carbocycles. The monoisotopic (exact) mass is 925 g/mol. The van der Waals surface area contributed by atoms with E-state index < -0.39 is 17.9 Å². The molecule has 7 N–H and O–H groups in total. The number of carboxylic acids is 3. The van der Waals surface area contributed by atoms with Crippen LogP contribution >= 0.6 is 0 Å². The summed E-state index contributed by atoms with van der Waals surface area (Å²) in [6.45, 7) is 1.29. The second-order valence-electron chi connectivity index (χ2n) is 15.7. The zero-order chi connectivity index (χ0) is 45.0. The molecule has 66 heavy (non-hydrogen) atoms. The summed E-state index contributed by atoms with van der Waals surface area (Å²) in [7, 11) is 0. The van der Waals surface area contributed by atoms with Gasteiger partial charge in [-0.3, -0.25) is 0 Å². The van der Waals surface area contributed by atoms with Crippen LogP contribution < -0.4 is 10.5 Å². The number of benzene rings is 4. The molecule has 4 aromatic carbocycles. The third kappa shape index (κ3) is 9.26. The van der Waals surface area contributed by atoms with E-state index in [-0.39, 0.29) is 36.2 Å². The van der Waals surface area contributed by atoms with E-state index in [0.29, 0.717) is 58.1 Å². The molecule has 13 heteroatoms. The van der Waals surface area contributed by atoms with E-state index in [0.717, 1.165) is 75.8 Å². The number of nitrogens with zero attached hydrogens (tertiary/aromatic N) is 2. The Morgan fingerprint density at radius 2 is 0.742 bits per heavy atom. The molecule has 3 aromatic heterocycles. The third-order valence-corrected chi connectivity index (χ3v) is 11.5. The largest absolute Gasteiger partial charge is 2.00 e. The van der Waals surface area contributed by atoms with E-state index in [1.165, 1.54) is 0 Å². The minimum Gasteiger partial charge on any atom is -0.494 e. The molecule has 322 valence electrons. The average molecular weight is 927 g/mol. The van der Waals surface area contributed by atoms with Crippen LogP contribution in [0.4, 0.5) is 0 Å². The number of hydrogen-bond acceptors (Lipinski definition) is 7. The maximum atomic E-state index is 11.9. The number of carbonyl (C=O) groups is 3. The summed E-state index contributed by atoms with van der Waals surface area (Å²) in [5.41, 5.74) is 17.5. The summed E-state index contributed by atoms with van der Waals surface area (Å²) in [5.74, 6) is -2.37. The first-order chi connectivity index (χ1) is 31.6. The van der Waals surface area contributed by atoms with Crippen molar-refractivity contribution >= 4 is 64.3 Å². The average Bonchev–Trinajstić information content (AvgIpc) is 4.17. The Morgan fingerprint density at radius 3 is 1.05 bits per heavy atom. The van der Waals surface area contributed by atoms with E-state index in [9.17, 15) is 29.7 Å². The molecule has 8 bridgehead atoms. The minimum absolute atomic E-state index is 0. The second kappa shape index (κ2) is 19.6. The molecule has 0 unspecified atom stereocenters. The normalized spacial score (nSPS) is 11.6. The van der Waals surface area contributed by atoms with Crippen molar-refractivity contribution < 1.29 is 53.9 Å². The topological polar surface area (TPSA) is 205 Å². The molecule has 2 aliphatic heterocycles. The van der Waals surface area contributed by atoms with Crippen LogP contribution in [0, 0.1) is 0 Å². The number of nitrogens with one attached hydrogen (secondary N) is 2. The number of H-pyrrole nitrogens is 2. The maximum absolute atomic E-state index is 11.9. The SMILES string of the molecule is NCCCCCCOc1ccc(-c2c3nc(c(-c4ccc(C(=O)O)cc4)c4ccc([nH]4)c(-c4ccc(C(=O)O)cc4)c4nc(c(-c5ccc(C(=O)O)cc5)c5ccc2[nH]5)C=C4)C=C3)cc1.[Zn+2]. The van der Waals surface area contributed by atoms with Gasteiger partial charge in [0.2, 0.25) is 0 Å². The number of fused-ring (bicyclic) bond motifs is 8. The van der Waals surface area contributed by atoms with Crippen LogP contribution in [0.2, 0.25) is 0 Å². The summed E-state index contributed by atoms with van der Waals surface area (Å²) in [5, 5.41) is 29.2. The number of aromatic amines is 2. The number of rotatable bonds is 14. The zero-order valence-electron chi connectivity index (χ0n) is 35.8. The molecule has 0 spiro atoms. The van der Waals surface area contributed by atoms with E-state index in [4.69, 9.17) is 20.4 Å². The number of ether oxygens (including phenoxy) is 1. The third-order valence-electron chi connectivity index (χ3n) is 11.5. The number of aromatic carboxylic acids is 3. The summed E-state index contributed by atoms with van der Waals surface area (Å²) in [4.78, 5) is 53.5. The Balaban J connectivity index is 0.00000592. The molecule has 2 aliphatic rings. The van der Waals surface area contributed by atoms with Crippen molar-refractivity contribution in [1.82, 2.24) is 19.9 Å². The number of carboxylic acid groups (broad SMARTS) is 3. The van der Waals surface area contributed by atoms with Gasteiger partial charge in [0.1, 0.15) is 5.75 Å². The molecule has 0 amide bonds. The van der Waals surface area contributed by atoms with Crippen molar-refractivity contribution in [2.24, 2.45) is 5.73 Å². The predicted octanol–water partition coefficient (Wildman–Crippen LogP) is 11.3. The summed E-state index contributed by atoms with van der Waals surface area (Å²) < 4.78 is 6.12. The van der Waals surface area contributed by atoms with Crippen LogP contribution in [0.25, 0.3) is 90.9 Å². The smallest absolute Gasteiger partial charge is 0.494 e. The Hall–Kier alpha value is -7.73. The number of nitrogens with two attached hydrogens (primary N) is 1. The molecule has 0 saturated heterocycles. The molecule has 0 atom stereocenters. The van der Waals surface area contributed by atoms with E-state index in [1.54, 1.807) is 72.8 Å². The fourth-order valence-electron chi connectivity index (χ4n) is 8.27. The molecule has 0 fully saturated rings. The van der Waals surface area contributed by atoms with E-state index in [1.807, 2.05) is 72.8 Å². The fraction of sp³-hybridized carbons (Fsp3) is 0.113. The summed E-state index contributed by atoms with van der Waals surface area (Å²) >= 11 is 0.